The third kappa shape index (κ3) is 2.22. The molecule has 0 atom stereocenters. The van der Waals surface area contributed by atoms with Gasteiger partial charge in [0.25, 0.3) is 0 Å². The first-order valence-corrected chi connectivity index (χ1v) is 8.29. The molecule has 2 aromatic rings. The van der Waals surface area contributed by atoms with Gasteiger partial charge in [0.15, 0.2) is 11.3 Å². The number of hydrogen-bond acceptors (Lipinski definition) is 3. The molecule has 0 unspecified atom stereocenters. The van der Waals surface area contributed by atoms with Gasteiger partial charge in [-0.2, -0.15) is 0 Å². The van der Waals surface area contributed by atoms with E-state index in [1.54, 1.807) is 7.11 Å². The summed E-state index contributed by atoms with van der Waals surface area (Å²) in [5.74, 6) is 0.612. The number of carbonyl (C=O) groups is 1. The number of furan rings is 1. The second-order valence-corrected chi connectivity index (χ2v) is 6.78. The first-order chi connectivity index (χ1) is 10.5. The highest BCUT2D eigenvalue weighted by atomic mass is 79.9. The van der Waals surface area contributed by atoms with Crippen LogP contribution in [0, 0.1) is 6.92 Å². The topological polar surface area (TPSA) is 59.7 Å². The maximum atomic E-state index is 12.1. The molecule has 118 valence electrons. The molecule has 4 nitrogen and oxygen atoms in total. The molecule has 0 amide bonds. The highest BCUT2D eigenvalue weighted by Gasteiger charge is 2.43. The molecule has 3 rings (SSSR count). The van der Waals surface area contributed by atoms with E-state index < -0.39 is 11.4 Å². The zero-order valence-electron chi connectivity index (χ0n) is 12.7. The first kappa shape index (κ1) is 15.4. The fourth-order valence-electron chi connectivity index (χ4n) is 3.52. The fraction of sp³-hybridized carbons (Fsp3) is 0.471. The fourth-order valence-corrected chi connectivity index (χ4v) is 4.31. The van der Waals surface area contributed by atoms with Gasteiger partial charge >= 0.3 is 5.97 Å². The third-order valence-corrected chi connectivity index (χ3v) is 5.53. The van der Waals surface area contributed by atoms with E-state index in [4.69, 9.17) is 9.15 Å². The summed E-state index contributed by atoms with van der Waals surface area (Å²) in [7, 11) is 1.58. The highest BCUT2D eigenvalue weighted by Crippen LogP contribution is 2.47. The van der Waals surface area contributed by atoms with Crippen molar-refractivity contribution < 1.29 is 19.1 Å². The lowest BCUT2D eigenvalue weighted by Gasteiger charge is -2.34. The van der Waals surface area contributed by atoms with Crippen LogP contribution in [0.3, 0.4) is 0 Å². The molecule has 0 saturated heterocycles. The van der Waals surface area contributed by atoms with Crippen molar-refractivity contribution in [1.82, 2.24) is 0 Å². The zero-order valence-corrected chi connectivity index (χ0v) is 14.3. The summed E-state index contributed by atoms with van der Waals surface area (Å²) >= 11 is 3.62. The van der Waals surface area contributed by atoms with Crippen LogP contribution in [-0.4, -0.2) is 18.2 Å². The van der Waals surface area contributed by atoms with Crippen LogP contribution in [0.1, 0.15) is 43.4 Å². The van der Waals surface area contributed by atoms with Crippen molar-refractivity contribution in [3.05, 3.63) is 27.9 Å². The molecule has 1 fully saturated rings. The second kappa shape index (κ2) is 5.61. The number of benzene rings is 1. The largest absolute Gasteiger partial charge is 0.493 e. The Morgan fingerprint density at radius 2 is 2.00 bits per heavy atom. The number of methoxy groups -OCH3 is 1. The number of carboxylic acid groups (broad SMARTS) is 1. The van der Waals surface area contributed by atoms with Crippen molar-refractivity contribution >= 4 is 32.9 Å². The van der Waals surface area contributed by atoms with Gasteiger partial charge in [0.05, 0.1) is 12.5 Å². The van der Waals surface area contributed by atoms with E-state index in [2.05, 4.69) is 15.9 Å². The van der Waals surface area contributed by atoms with Crippen LogP contribution in [-0.2, 0) is 10.2 Å². The molecule has 0 aliphatic heterocycles. The van der Waals surface area contributed by atoms with Crippen LogP contribution < -0.4 is 4.74 Å². The summed E-state index contributed by atoms with van der Waals surface area (Å²) in [6, 6.07) is 3.75. The quantitative estimate of drug-likeness (QED) is 0.847. The lowest BCUT2D eigenvalue weighted by atomic mass is 9.69. The normalized spacial score (nSPS) is 17.6. The molecule has 1 aliphatic rings. The molecule has 1 N–H and O–H groups in total. The van der Waals surface area contributed by atoms with E-state index in [0.29, 0.717) is 24.2 Å². The van der Waals surface area contributed by atoms with Crippen LogP contribution in [0.25, 0.3) is 11.0 Å². The molecule has 22 heavy (non-hydrogen) atoms. The van der Waals surface area contributed by atoms with Crippen molar-refractivity contribution in [2.24, 2.45) is 0 Å². The Balaban J connectivity index is 2.29. The zero-order chi connectivity index (χ0) is 15.9. The molecule has 5 heteroatoms. The van der Waals surface area contributed by atoms with Gasteiger partial charge in [-0.05, 0) is 53.4 Å². The van der Waals surface area contributed by atoms with Gasteiger partial charge in [0.2, 0.25) is 0 Å². The van der Waals surface area contributed by atoms with Gasteiger partial charge in [-0.15, -0.1) is 0 Å². The van der Waals surface area contributed by atoms with Crippen molar-refractivity contribution in [2.45, 2.75) is 44.4 Å². The molecule has 1 aliphatic carbocycles. The number of fused-ring (bicyclic) bond motifs is 1. The Kier molecular flexibility index (Phi) is 3.93. The molecule has 0 spiro atoms. The van der Waals surface area contributed by atoms with E-state index in [1.807, 2.05) is 19.1 Å². The van der Waals surface area contributed by atoms with Crippen molar-refractivity contribution in [1.29, 1.82) is 0 Å². The Labute approximate surface area is 137 Å². The molecule has 1 heterocycles. The monoisotopic (exact) mass is 366 g/mol. The lowest BCUT2D eigenvalue weighted by Crippen LogP contribution is -2.38. The van der Waals surface area contributed by atoms with Gasteiger partial charge in [0, 0.05) is 9.86 Å². The minimum Gasteiger partial charge on any atom is -0.493 e. The smallest absolute Gasteiger partial charge is 0.314 e. The predicted molar refractivity (Wildman–Crippen MR) is 87.6 cm³/mol. The van der Waals surface area contributed by atoms with Crippen molar-refractivity contribution in [2.75, 3.05) is 7.11 Å². The Morgan fingerprint density at radius 3 is 2.59 bits per heavy atom. The average Bonchev–Trinajstić information content (AvgIpc) is 2.90. The Hall–Kier alpha value is -1.49. The average molecular weight is 367 g/mol. The predicted octanol–water partition coefficient (Wildman–Crippen LogP) is 4.80. The maximum Gasteiger partial charge on any atom is 0.314 e. The van der Waals surface area contributed by atoms with Crippen LogP contribution in [0.5, 0.6) is 5.75 Å². The molecule has 1 aromatic heterocycles. The molecular formula is C17H19BrO4. The summed E-state index contributed by atoms with van der Waals surface area (Å²) in [4.78, 5) is 12.1. The number of ether oxygens (including phenoxy) is 1. The van der Waals surface area contributed by atoms with Crippen LogP contribution >= 0.6 is 15.9 Å². The summed E-state index contributed by atoms with van der Waals surface area (Å²) in [6.07, 6.45) is 4.28. The lowest BCUT2D eigenvalue weighted by molar-refractivity contribution is -0.145. The maximum absolute atomic E-state index is 12.1. The van der Waals surface area contributed by atoms with E-state index in [0.717, 1.165) is 40.4 Å². The summed E-state index contributed by atoms with van der Waals surface area (Å²) < 4.78 is 12.0. The number of aryl methyl sites for hydroxylation is 1. The van der Waals surface area contributed by atoms with Gasteiger partial charge in [-0.1, -0.05) is 19.3 Å². The van der Waals surface area contributed by atoms with Gasteiger partial charge in [0.1, 0.15) is 5.76 Å². The molecule has 0 bridgehead atoms. The van der Waals surface area contributed by atoms with Gasteiger partial charge < -0.3 is 14.3 Å². The third-order valence-electron chi connectivity index (χ3n) is 4.68. The minimum atomic E-state index is -0.844. The Morgan fingerprint density at radius 1 is 1.32 bits per heavy atom. The molecule has 1 aromatic carbocycles. The van der Waals surface area contributed by atoms with Crippen LogP contribution in [0.2, 0.25) is 0 Å². The summed E-state index contributed by atoms with van der Waals surface area (Å²) in [6.45, 7) is 1.87. The number of rotatable bonds is 3. The van der Waals surface area contributed by atoms with E-state index in [1.165, 1.54) is 0 Å². The minimum absolute atomic E-state index is 0.590. The summed E-state index contributed by atoms with van der Waals surface area (Å²) in [5.41, 5.74) is 0.612. The second-order valence-electron chi connectivity index (χ2n) is 5.99. The van der Waals surface area contributed by atoms with Gasteiger partial charge in [-0.3, -0.25) is 4.79 Å². The standard InChI is InChI=1S/C17H19BrO4/c1-10-8-11-14(18)12(9-13(21-2)15(11)22-10)17(16(19)20)6-4-3-5-7-17/h8-9H,3-7H2,1-2H3,(H,19,20). The molecule has 0 radical (unpaired) electrons. The van der Waals surface area contributed by atoms with Gasteiger partial charge in [-0.25, -0.2) is 0 Å². The van der Waals surface area contributed by atoms with Crippen molar-refractivity contribution in [3.63, 3.8) is 0 Å². The number of aliphatic carboxylic acids is 1. The van der Waals surface area contributed by atoms with Crippen LogP contribution in [0.15, 0.2) is 21.0 Å². The number of hydrogen-bond donors (Lipinski definition) is 1. The van der Waals surface area contributed by atoms with E-state index >= 15 is 0 Å². The number of halogens is 1. The summed E-state index contributed by atoms with van der Waals surface area (Å²) in [5, 5.41) is 10.8. The SMILES string of the molecule is COc1cc(C2(C(=O)O)CCCCC2)c(Br)c2cc(C)oc12. The Bertz CT molecular complexity index is 726. The first-order valence-electron chi connectivity index (χ1n) is 7.50. The highest BCUT2D eigenvalue weighted by molar-refractivity contribution is 9.10. The molecular weight excluding hydrogens is 348 g/mol. The van der Waals surface area contributed by atoms with E-state index in [9.17, 15) is 9.90 Å². The van der Waals surface area contributed by atoms with Crippen LogP contribution in [0.4, 0.5) is 0 Å². The molecule has 1 saturated carbocycles. The number of carboxylic acids is 1. The van der Waals surface area contributed by atoms with Crippen molar-refractivity contribution in [3.8, 4) is 5.75 Å². The van der Waals surface area contributed by atoms with E-state index in [-0.39, 0.29) is 0 Å².